The van der Waals surface area contributed by atoms with Crippen LogP contribution in [0.2, 0.25) is 0 Å². The number of nitrogens with one attached hydrogen (secondary N) is 1. The molecular weight excluding hydrogens is 264 g/mol. The number of nitrogens with two attached hydrogens (primary N) is 1. The molecule has 0 atom stereocenters. The number of nitrogen functional groups attached to an aromatic ring is 1. The third-order valence-electron chi connectivity index (χ3n) is 2.99. The molecule has 0 aliphatic carbocycles. The van der Waals surface area contributed by atoms with Gasteiger partial charge in [0.05, 0.1) is 12.2 Å². The van der Waals surface area contributed by atoms with Crippen molar-refractivity contribution >= 4 is 17.3 Å². The second kappa shape index (κ2) is 6.85. The minimum Gasteiger partial charge on any atom is -0.399 e. The smallest absolute Gasteiger partial charge is 0.238 e. The van der Waals surface area contributed by atoms with Crippen molar-refractivity contribution in [1.82, 2.24) is 9.88 Å². The highest BCUT2D eigenvalue weighted by Gasteiger charge is 2.08. The van der Waals surface area contributed by atoms with Crippen molar-refractivity contribution in [1.29, 1.82) is 0 Å². The van der Waals surface area contributed by atoms with E-state index in [0.29, 0.717) is 18.8 Å². The lowest BCUT2D eigenvalue weighted by Crippen LogP contribution is -2.30. The van der Waals surface area contributed by atoms with Gasteiger partial charge in [0.25, 0.3) is 0 Å². The Balaban J connectivity index is 1.86. The molecule has 0 saturated carbocycles. The van der Waals surface area contributed by atoms with E-state index in [-0.39, 0.29) is 5.91 Å². The highest BCUT2D eigenvalue weighted by Crippen LogP contribution is 2.10. The highest BCUT2D eigenvalue weighted by molar-refractivity contribution is 5.92. The van der Waals surface area contributed by atoms with Gasteiger partial charge in [-0.2, -0.15) is 0 Å². The summed E-state index contributed by atoms with van der Waals surface area (Å²) in [6.07, 6.45) is 0. The molecule has 1 aromatic heterocycles. The number of aryl methyl sites for hydroxylation is 1. The largest absolute Gasteiger partial charge is 0.399 e. The molecule has 2 rings (SSSR count). The maximum absolute atomic E-state index is 12.0. The number of pyridine rings is 1. The monoisotopic (exact) mass is 284 g/mol. The van der Waals surface area contributed by atoms with Crippen LogP contribution in [0, 0.1) is 6.92 Å². The van der Waals surface area contributed by atoms with Crippen molar-refractivity contribution < 1.29 is 4.79 Å². The second-order valence-corrected chi connectivity index (χ2v) is 5.11. The highest BCUT2D eigenvalue weighted by atomic mass is 16.2. The number of nitrogens with zero attached hydrogens (tertiary/aromatic N) is 2. The third kappa shape index (κ3) is 4.89. The number of hydrogen-bond acceptors (Lipinski definition) is 4. The summed E-state index contributed by atoms with van der Waals surface area (Å²) >= 11 is 0. The van der Waals surface area contributed by atoms with Gasteiger partial charge in [-0.25, -0.2) is 0 Å². The molecule has 3 N–H and O–H groups in total. The van der Waals surface area contributed by atoms with E-state index in [1.807, 2.05) is 37.1 Å². The Hall–Kier alpha value is -2.40. The van der Waals surface area contributed by atoms with Crippen molar-refractivity contribution in [2.75, 3.05) is 24.6 Å². The summed E-state index contributed by atoms with van der Waals surface area (Å²) in [5.41, 5.74) is 8.97. The summed E-state index contributed by atoms with van der Waals surface area (Å²) in [6.45, 7) is 2.90. The van der Waals surface area contributed by atoms with Gasteiger partial charge in [0.15, 0.2) is 0 Å². The number of aromatic nitrogens is 1. The van der Waals surface area contributed by atoms with Gasteiger partial charge in [-0.05, 0) is 50.4 Å². The van der Waals surface area contributed by atoms with Gasteiger partial charge >= 0.3 is 0 Å². The molecule has 0 spiro atoms. The van der Waals surface area contributed by atoms with Crippen molar-refractivity contribution in [3.05, 3.63) is 53.9 Å². The molecule has 5 nitrogen and oxygen atoms in total. The minimum absolute atomic E-state index is 0.0603. The maximum Gasteiger partial charge on any atom is 0.238 e. The van der Waals surface area contributed by atoms with Gasteiger partial charge in [0, 0.05) is 23.6 Å². The molecule has 0 aliphatic heterocycles. The lowest BCUT2D eigenvalue weighted by Gasteiger charge is -2.16. The quantitative estimate of drug-likeness (QED) is 0.824. The zero-order valence-electron chi connectivity index (χ0n) is 12.3. The fraction of sp³-hybridized carbons (Fsp3) is 0.250. The SMILES string of the molecule is Cc1cccc(CN(C)CC(=O)Nc2ccc(N)cc2)n1. The fourth-order valence-corrected chi connectivity index (χ4v) is 2.03. The van der Waals surface area contributed by atoms with Crippen LogP contribution in [0.1, 0.15) is 11.4 Å². The average Bonchev–Trinajstić information content (AvgIpc) is 2.41. The summed E-state index contributed by atoms with van der Waals surface area (Å²) in [7, 11) is 1.90. The van der Waals surface area contributed by atoms with Crippen LogP contribution >= 0.6 is 0 Å². The Labute approximate surface area is 124 Å². The van der Waals surface area contributed by atoms with Gasteiger partial charge in [0.2, 0.25) is 5.91 Å². The number of amides is 1. The first-order chi connectivity index (χ1) is 10.0. The van der Waals surface area contributed by atoms with E-state index in [0.717, 1.165) is 17.1 Å². The predicted molar refractivity (Wildman–Crippen MR) is 84.8 cm³/mol. The van der Waals surface area contributed by atoms with E-state index in [2.05, 4.69) is 10.3 Å². The number of rotatable bonds is 5. The van der Waals surface area contributed by atoms with Crippen LogP contribution in [0.15, 0.2) is 42.5 Å². The Bertz CT molecular complexity index is 610. The van der Waals surface area contributed by atoms with Crippen molar-refractivity contribution in [2.24, 2.45) is 0 Å². The van der Waals surface area contributed by atoms with E-state index in [1.165, 1.54) is 0 Å². The zero-order chi connectivity index (χ0) is 15.2. The number of anilines is 2. The molecule has 0 unspecified atom stereocenters. The molecule has 1 aromatic carbocycles. The fourth-order valence-electron chi connectivity index (χ4n) is 2.03. The summed E-state index contributed by atoms with van der Waals surface area (Å²) in [6, 6.07) is 13.0. The second-order valence-electron chi connectivity index (χ2n) is 5.11. The number of benzene rings is 1. The minimum atomic E-state index is -0.0603. The molecule has 0 fully saturated rings. The molecule has 0 radical (unpaired) electrons. The standard InChI is InChI=1S/C16H20N4O/c1-12-4-3-5-15(18-12)10-20(2)11-16(21)19-14-8-6-13(17)7-9-14/h3-9H,10-11,17H2,1-2H3,(H,19,21). The van der Waals surface area contributed by atoms with E-state index in [1.54, 1.807) is 24.3 Å². The first-order valence-corrected chi connectivity index (χ1v) is 6.79. The predicted octanol–water partition coefficient (Wildman–Crippen LogP) is 2.04. The van der Waals surface area contributed by atoms with Crippen molar-refractivity contribution in [2.45, 2.75) is 13.5 Å². The normalized spacial score (nSPS) is 10.6. The zero-order valence-corrected chi connectivity index (χ0v) is 12.3. The number of carbonyl (C=O) groups is 1. The van der Waals surface area contributed by atoms with E-state index in [9.17, 15) is 4.79 Å². The number of carbonyl (C=O) groups excluding carboxylic acids is 1. The van der Waals surface area contributed by atoms with E-state index in [4.69, 9.17) is 5.73 Å². The molecule has 2 aromatic rings. The van der Waals surface area contributed by atoms with Crippen molar-refractivity contribution in [3.8, 4) is 0 Å². The summed E-state index contributed by atoms with van der Waals surface area (Å²) in [5, 5.41) is 2.84. The molecule has 1 amide bonds. The summed E-state index contributed by atoms with van der Waals surface area (Å²) in [5.74, 6) is -0.0603. The third-order valence-corrected chi connectivity index (χ3v) is 2.99. The van der Waals surface area contributed by atoms with Crippen LogP contribution < -0.4 is 11.1 Å². The van der Waals surface area contributed by atoms with Gasteiger partial charge in [-0.3, -0.25) is 14.7 Å². The summed E-state index contributed by atoms with van der Waals surface area (Å²) < 4.78 is 0. The maximum atomic E-state index is 12.0. The molecule has 1 heterocycles. The lowest BCUT2D eigenvalue weighted by molar-refractivity contribution is -0.117. The van der Waals surface area contributed by atoms with Gasteiger partial charge in [0.1, 0.15) is 0 Å². The molecule has 0 bridgehead atoms. The first kappa shape index (κ1) is 15.0. The lowest BCUT2D eigenvalue weighted by atomic mass is 10.3. The van der Waals surface area contributed by atoms with Gasteiger partial charge in [-0.1, -0.05) is 6.07 Å². The van der Waals surface area contributed by atoms with Crippen LogP contribution in [-0.2, 0) is 11.3 Å². The molecule has 0 saturated heterocycles. The van der Waals surface area contributed by atoms with Crippen LogP contribution in [0.5, 0.6) is 0 Å². The Kier molecular flexibility index (Phi) is 4.90. The van der Waals surface area contributed by atoms with Crippen LogP contribution in [0.4, 0.5) is 11.4 Å². The Morgan fingerprint density at radius 3 is 2.62 bits per heavy atom. The molecule has 5 heteroatoms. The van der Waals surface area contributed by atoms with Gasteiger partial charge < -0.3 is 11.1 Å². The topological polar surface area (TPSA) is 71.2 Å². The van der Waals surface area contributed by atoms with Crippen LogP contribution in [0.25, 0.3) is 0 Å². The molecule has 21 heavy (non-hydrogen) atoms. The number of likely N-dealkylation sites (N-methyl/N-ethyl adjacent to an activating group) is 1. The molecule has 110 valence electrons. The summed E-state index contributed by atoms with van der Waals surface area (Å²) in [4.78, 5) is 18.3. The number of hydrogen-bond donors (Lipinski definition) is 2. The Morgan fingerprint density at radius 1 is 1.24 bits per heavy atom. The molecule has 0 aliphatic rings. The Morgan fingerprint density at radius 2 is 1.95 bits per heavy atom. The van der Waals surface area contributed by atoms with E-state index < -0.39 is 0 Å². The van der Waals surface area contributed by atoms with Gasteiger partial charge in [-0.15, -0.1) is 0 Å². The average molecular weight is 284 g/mol. The first-order valence-electron chi connectivity index (χ1n) is 6.79. The van der Waals surface area contributed by atoms with Crippen LogP contribution in [-0.4, -0.2) is 29.4 Å². The molecular formula is C16H20N4O. The van der Waals surface area contributed by atoms with Crippen molar-refractivity contribution in [3.63, 3.8) is 0 Å². The van der Waals surface area contributed by atoms with Crippen LogP contribution in [0.3, 0.4) is 0 Å². The van der Waals surface area contributed by atoms with E-state index >= 15 is 0 Å².